The maximum atomic E-state index is 12.6. The average Bonchev–Trinajstić information content (AvgIpc) is 3.42. The molecule has 5 rings (SSSR count). The van der Waals surface area contributed by atoms with Gasteiger partial charge in [0.25, 0.3) is 5.91 Å². The van der Waals surface area contributed by atoms with E-state index in [1.807, 2.05) is 52.5 Å². The van der Waals surface area contributed by atoms with Crippen LogP contribution in [0, 0.1) is 0 Å². The van der Waals surface area contributed by atoms with Gasteiger partial charge in [-0.05, 0) is 42.5 Å². The van der Waals surface area contributed by atoms with E-state index in [2.05, 4.69) is 25.6 Å². The van der Waals surface area contributed by atoms with Crippen molar-refractivity contribution in [3.63, 3.8) is 0 Å². The lowest BCUT2D eigenvalue weighted by Gasteiger charge is -2.08. The summed E-state index contributed by atoms with van der Waals surface area (Å²) in [5.41, 5.74) is 10.1. The predicted octanol–water partition coefficient (Wildman–Crippen LogP) is 4.43. The second kappa shape index (κ2) is 7.88. The van der Waals surface area contributed by atoms with Crippen molar-refractivity contribution in [3.8, 4) is 11.4 Å². The molecule has 8 nitrogen and oxygen atoms in total. The van der Waals surface area contributed by atoms with Gasteiger partial charge in [-0.3, -0.25) is 9.20 Å². The first-order chi connectivity index (χ1) is 15.2. The number of fused-ring (bicyclic) bond motifs is 1. The molecule has 4 heterocycles. The first-order valence-corrected chi connectivity index (χ1v) is 10.3. The minimum absolute atomic E-state index is 0.270. The van der Waals surface area contributed by atoms with Crippen molar-refractivity contribution in [1.82, 2.24) is 19.4 Å². The Labute approximate surface area is 181 Å². The normalized spacial score (nSPS) is 10.8. The fourth-order valence-electron chi connectivity index (χ4n) is 3.15. The molecule has 1 aromatic carbocycles. The van der Waals surface area contributed by atoms with Gasteiger partial charge in [-0.25, -0.2) is 15.0 Å². The number of nitrogens with two attached hydrogens (primary N) is 1. The van der Waals surface area contributed by atoms with Crippen LogP contribution in [0.5, 0.6) is 0 Å². The van der Waals surface area contributed by atoms with Crippen LogP contribution in [0.1, 0.15) is 10.4 Å². The van der Waals surface area contributed by atoms with Gasteiger partial charge in [-0.15, -0.1) is 11.3 Å². The van der Waals surface area contributed by atoms with Crippen molar-refractivity contribution in [1.29, 1.82) is 0 Å². The van der Waals surface area contributed by atoms with Crippen LogP contribution in [0.2, 0.25) is 0 Å². The van der Waals surface area contributed by atoms with Gasteiger partial charge >= 0.3 is 0 Å². The zero-order chi connectivity index (χ0) is 21.2. The summed E-state index contributed by atoms with van der Waals surface area (Å²) in [6.07, 6.45) is 5.34. The van der Waals surface area contributed by atoms with Gasteiger partial charge in [0.05, 0.1) is 17.6 Å². The number of benzene rings is 1. The summed E-state index contributed by atoms with van der Waals surface area (Å²) in [7, 11) is 0. The van der Waals surface area contributed by atoms with E-state index >= 15 is 0 Å². The molecule has 0 spiro atoms. The molecule has 0 aliphatic heterocycles. The van der Waals surface area contributed by atoms with Crippen molar-refractivity contribution in [2.24, 2.45) is 0 Å². The lowest BCUT2D eigenvalue weighted by atomic mass is 10.2. The maximum absolute atomic E-state index is 12.6. The number of amides is 1. The molecule has 4 aromatic heterocycles. The first-order valence-electron chi connectivity index (χ1n) is 9.44. The van der Waals surface area contributed by atoms with Crippen LogP contribution >= 0.6 is 11.3 Å². The first kappa shape index (κ1) is 18.8. The number of aromatic nitrogens is 4. The summed E-state index contributed by atoms with van der Waals surface area (Å²) in [5, 5.41) is 8.74. The highest BCUT2D eigenvalue weighted by molar-refractivity contribution is 7.14. The number of hydrogen-bond acceptors (Lipinski definition) is 7. The molecule has 0 unspecified atom stereocenters. The number of carbonyl (C=O) groups is 1. The summed E-state index contributed by atoms with van der Waals surface area (Å²) in [6, 6.07) is 16.5. The fraction of sp³-hybridized carbons (Fsp3) is 0. The van der Waals surface area contributed by atoms with Crippen molar-refractivity contribution >= 4 is 45.2 Å². The van der Waals surface area contributed by atoms with Gasteiger partial charge in [0.1, 0.15) is 17.2 Å². The Morgan fingerprint density at radius 3 is 2.90 bits per heavy atom. The molecule has 0 aliphatic rings. The van der Waals surface area contributed by atoms with Gasteiger partial charge < -0.3 is 16.4 Å². The number of nitrogens with zero attached hydrogens (tertiary/aromatic N) is 4. The summed E-state index contributed by atoms with van der Waals surface area (Å²) >= 11 is 1.48. The van der Waals surface area contributed by atoms with Crippen molar-refractivity contribution in [2.75, 3.05) is 16.4 Å². The number of nitrogens with one attached hydrogen (secondary N) is 2. The van der Waals surface area contributed by atoms with Gasteiger partial charge in [-0.1, -0.05) is 12.1 Å². The third kappa shape index (κ3) is 3.81. The Morgan fingerprint density at radius 1 is 1.06 bits per heavy atom. The van der Waals surface area contributed by atoms with Gasteiger partial charge in [-0.2, -0.15) is 0 Å². The average molecular weight is 427 g/mol. The smallest absolute Gasteiger partial charge is 0.255 e. The maximum Gasteiger partial charge on any atom is 0.255 e. The number of nitrogen functional groups attached to an aromatic ring is 1. The van der Waals surface area contributed by atoms with Crippen molar-refractivity contribution in [3.05, 3.63) is 84.1 Å². The van der Waals surface area contributed by atoms with E-state index < -0.39 is 0 Å². The Balaban J connectivity index is 1.34. The van der Waals surface area contributed by atoms with Crippen LogP contribution in [0.4, 0.5) is 22.3 Å². The fourth-order valence-corrected chi connectivity index (χ4v) is 3.87. The Bertz CT molecular complexity index is 1390. The number of anilines is 4. The van der Waals surface area contributed by atoms with Gasteiger partial charge in [0.2, 0.25) is 0 Å². The van der Waals surface area contributed by atoms with E-state index in [-0.39, 0.29) is 11.7 Å². The molecule has 0 radical (unpaired) electrons. The topological polar surface area (TPSA) is 110 Å². The van der Waals surface area contributed by atoms with Crippen LogP contribution in [-0.2, 0) is 0 Å². The molecule has 0 saturated carbocycles. The zero-order valence-corrected chi connectivity index (χ0v) is 17.0. The van der Waals surface area contributed by atoms with E-state index in [4.69, 9.17) is 5.73 Å². The van der Waals surface area contributed by atoms with Gasteiger partial charge in [0.15, 0.2) is 5.13 Å². The molecular formula is C22H17N7OS. The largest absolute Gasteiger partial charge is 0.382 e. The highest BCUT2D eigenvalue weighted by Crippen LogP contribution is 2.28. The van der Waals surface area contributed by atoms with Crippen LogP contribution in [0.15, 0.2) is 78.6 Å². The van der Waals surface area contributed by atoms with Crippen LogP contribution in [0.25, 0.3) is 17.0 Å². The van der Waals surface area contributed by atoms with Crippen LogP contribution in [-0.4, -0.2) is 25.3 Å². The van der Waals surface area contributed by atoms with E-state index in [9.17, 15) is 4.79 Å². The molecule has 31 heavy (non-hydrogen) atoms. The molecular weight excluding hydrogens is 410 g/mol. The van der Waals surface area contributed by atoms with E-state index in [0.29, 0.717) is 11.3 Å². The zero-order valence-electron chi connectivity index (χ0n) is 16.2. The second-order valence-corrected chi connectivity index (χ2v) is 7.56. The number of thiazole rings is 1. The summed E-state index contributed by atoms with van der Waals surface area (Å²) < 4.78 is 1.99. The number of carbonyl (C=O) groups excluding carboxylic acids is 1. The lowest BCUT2D eigenvalue weighted by Crippen LogP contribution is -2.13. The number of hydrogen-bond donors (Lipinski definition) is 3. The summed E-state index contributed by atoms with van der Waals surface area (Å²) in [4.78, 5) is 25.7. The minimum atomic E-state index is -0.270. The van der Waals surface area contributed by atoms with E-state index in [0.717, 1.165) is 27.9 Å². The minimum Gasteiger partial charge on any atom is -0.382 e. The molecule has 0 fully saturated rings. The summed E-state index contributed by atoms with van der Waals surface area (Å²) in [5.74, 6) is 0.00162. The molecule has 4 N–H and O–H groups in total. The Kier molecular flexibility index (Phi) is 4.77. The van der Waals surface area contributed by atoms with Crippen LogP contribution < -0.4 is 16.4 Å². The SMILES string of the molecule is Nc1ncccc1NC(=O)c1cccc(Nc2nc(-c3cnc4ccccn34)cs2)c1. The molecule has 9 heteroatoms. The van der Waals surface area contributed by atoms with Crippen molar-refractivity contribution < 1.29 is 4.79 Å². The molecule has 5 aromatic rings. The standard InChI is InChI=1S/C22H17N7OS/c23-20-16(7-4-9-24-20)27-21(30)14-5-3-6-15(11-14)26-22-28-17(13-31-22)18-12-25-19-8-1-2-10-29(18)19/h1-13H,(H2,23,24)(H,26,28)(H,27,30). The molecule has 0 aliphatic carbocycles. The highest BCUT2D eigenvalue weighted by atomic mass is 32.1. The van der Waals surface area contributed by atoms with Crippen LogP contribution in [0.3, 0.4) is 0 Å². The van der Waals surface area contributed by atoms with E-state index in [1.165, 1.54) is 11.3 Å². The third-order valence-electron chi connectivity index (χ3n) is 4.65. The quantitative estimate of drug-likeness (QED) is 0.383. The molecule has 0 atom stereocenters. The Hall–Kier alpha value is -4.24. The monoisotopic (exact) mass is 427 g/mol. The second-order valence-electron chi connectivity index (χ2n) is 6.71. The predicted molar refractivity (Wildman–Crippen MR) is 123 cm³/mol. The Morgan fingerprint density at radius 2 is 2.00 bits per heavy atom. The number of pyridine rings is 2. The van der Waals surface area contributed by atoms with Gasteiger partial charge in [0, 0.05) is 29.0 Å². The highest BCUT2D eigenvalue weighted by Gasteiger charge is 2.12. The van der Waals surface area contributed by atoms with E-state index in [1.54, 1.807) is 30.5 Å². The molecule has 1 amide bonds. The molecule has 152 valence electrons. The molecule has 0 saturated heterocycles. The number of imidazole rings is 1. The third-order valence-corrected chi connectivity index (χ3v) is 5.40. The summed E-state index contributed by atoms with van der Waals surface area (Å²) in [6.45, 7) is 0. The number of rotatable bonds is 5. The van der Waals surface area contributed by atoms with Crippen molar-refractivity contribution in [2.45, 2.75) is 0 Å². The lowest BCUT2D eigenvalue weighted by molar-refractivity contribution is 0.102. The molecule has 0 bridgehead atoms.